The number of nitrogens with one attached hydrogen (secondary N) is 1. The quantitative estimate of drug-likeness (QED) is 0.504. The van der Waals surface area contributed by atoms with Crippen LogP contribution in [0.25, 0.3) is 22.6 Å². The molecule has 4 aromatic rings. The molecule has 0 unspecified atom stereocenters. The summed E-state index contributed by atoms with van der Waals surface area (Å²) >= 11 is 12.2. The highest BCUT2D eigenvalue weighted by Gasteiger charge is 2.15. The number of benzene rings is 2. The highest BCUT2D eigenvalue weighted by atomic mass is 35.5. The monoisotopic (exact) mass is 372 g/mol. The Labute approximate surface area is 152 Å². The molecule has 2 aromatic carbocycles. The average Bonchev–Trinajstić information content (AvgIpc) is 3.26. The zero-order valence-electron chi connectivity index (χ0n) is 12.6. The van der Waals surface area contributed by atoms with E-state index in [0.29, 0.717) is 38.3 Å². The van der Waals surface area contributed by atoms with E-state index < -0.39 is 0 Å². The predicted octanol–water partition coefficient (Wildman–Crippen LogP) is 5.65. The van der Waals surface area contributed by atoms with Crippen molar-refractivity contribution in [3.8, 4) is 11.5 Å². The zero-order chi connectivity index (χ0) is 17.4. The van der Waals surface area contributed by atoms with E-state index in [2.05, 4.69) is 10.3 Å². The molecule has 2 heterocycles. The van der Waals surface area contributed by atoms with Gasteiger partial charge in [-0.1, -0.05) is 29.3 Å². The van der Waals surface area contributed by atoms with E-state index >= 15 is 0 Å². The fourth-order valence-corrected chi connectivity index (χ4v) is 2.77. The number of fused-ring (bicyclic) bond motifs is 1. The first-order valence-electron chi connectivity index (χ1n) is 7.31. The Morgan fingerprint density at radius 3 is 2.76 bits per heavy atom. The number of carbonyl (C=O) groups excluding carboxylic acids is 1. The molecule has 0 aliphatic rings. The van der Waals surface area contributed by atoms with Gasteiger partial charge in [0.1, 0.15) is 5.52 Å². The molecule has 0 fully saturated rings. The van der Waals surface area contributed by atoms with E-state index in [9.17, 15) is 4.79 Å². The van der Waals surface area contributed by atoms with Gasteiger partial charge < -0.3 is 14.2 Å². The van der Waals surface area contributed by atoms with Gasteiger partial charge >= 0.3 is 0 Å². The number of halogens is 2. The van der Waals surface area contributed by atoms with E-state index in [0.717, 1.165) is 0 Å². The number of amides is 1. The molecule has 0 atom stereocenters. The average molecular weight is 373 g/mol. The Morgan fingerprint density at radius 1 is 1.08 bits per heavy atom. The molecule has 0 aliphatic carbocycles. The molecule has 7 heteroatoms. The van der Waals surface area contributed by atoms with Crippen LogP contribution >= 0.6 is 23.2 Å². The SMILES string of the molecule is O=C(Nc1ccc2oc(-c3cccc(Cl)c3Cl)nc2c1)c1ccco1. The number of hydrogen-bond acceptors (Lipinski definition) is 4. The van der Waals surface area contributed by atoms with Gasteiger partial charge in [0, 0.05) is 5.69 Å². The summed E-state index contributed by atoms with van der Waals surface area (Å²) in [5.74, 6) is 0.245. The van der Waals surface area contributed by atoms with Crippen LogP contribution in [-0.2, 0) is 0 Å². The lowest BCUT2D eigenvalue weighted by atomic mass is 10.2. The zero-order valence-corrected chi connectivity index (χ0v) is 14.1. The Hall–Kier alpha value is -2.76. The number of hydrogen-bond donors (Lipinski definition) is 1. The van der Waals surface area contributed by atoms with Gasteiger partial charge in [-0.15, -0.1) is 0 Å². The Balaban J connectivity index is 1.68. The van der Waals surface area contributed by atoms with Crippen molar-refractivity contribution in [1.29, 1.82) is 0 Å². The predicted molar refractivity (Wildman–Crippen MR) is 96.1 cm³/mol. The maximum atomic E-state index is 12.0. The number of aromatic nitrogens is 1. The van der Waals surface area contributed by atoms with E-state index in [1.54, 1.807) is 48.5 Å². The molecule has 1 N–H and O–H groups in total. The molecule has 0 spiro atoms. The van der Waals surface area contributed by atoms with Crippen LogP contribution in [0.5, 0.6) is 0 Å². The molecule has 0 bridgehead atoms. The van der Waals surface area contributed by atoms with Gasteiger partial charge in [-0.2, -0.15) is 0 Å². The molecule has 2 aromatic heterocycles. The maximum Gasteiger partial charge on any atom is 0.291 e. The molecule has 124 valence electrons. The van der Waals surface area contributed by atoms with Crippen molar-refractivity contribution in [2.45, 2.75) is 0 Å². The summed E-state index contributed by atoms with van der Waals surface area (Å²) < 4.78 is 10.8. The molecule has 0 radical (unpaired) electrons. The summed E-state index contributed by atoms with van der Waals surface area (Å²) in [6.07, 6.45) is 1.44. The second-order valence-electron chi connectivity index (χ2n) is 5.23. The smallest absolute Gasteiger partial charge is 0.291 e. The second kappa shape index (κ2) is 6.27. The van der Waals surface area contributed by atoms with Crippen LogP contribution in [0.4, 0.5) is 5.69 Å². The molecule has 5 nitrogen and oxygen atoms in total. The molecule has 0 aliphatic heterocycles. The number of oxazole rings is 1. The third-order valence-electron chi connectivity index (χ3n) is 3.57. The van der Waals surface area contributed by atoms with Gasteiger partial charge in [0.2, 0.25) is 5.89 Å². The standard InChI is InChI=1S/C18H10Cl2N2O3/c19-12-4-1-3-11(16(12)20)18-22-13-9-10(6-7-14(13)25-18)21-17(23)15-5-2-8-24-15/h1-9H,(H,21,23). The van der Waals surface area contributed by atoms with Crippen LogP contribution in [0.3, 0.4) is 0 Å². The second-order valence-corrected chi connectivity index (χ2v) is 6.02. The lowest BCUT2D eigenvalue weighted by Gasteiger charge is -2.01. The molecule has 25 heavy (non-hydrogen) atoms. The lowest BCUT2D eigenvalue weighted by Crippen LogP contribution is -2.10. The van der Waals surface area contributed by atoms with Crippen molar-refractivity contribution in [2.24, 2.45) is 0 Å². The summed E-state index contributed by atoms with van der Waals surface area (Å²) in [4.78, 5) is 16.5. The molecule has 4 rings (SSSR count). The normalized spacial score (nSPS) is 11.0. The summed E-state index contributed by atoms with van der Waals surface area (Å²) in [6, 6.07) is 13.6. The minimum atomic E-state index is -0.342. The highest BCUT2D eigenvalue weighted by Crippen LogP contribution is 2.34. The maximum absolute atomic E-state index is 12.0. The van der Waals surface area contributed by atoms with Gasteiger partial charge in [0.05, 0.1) is 21.9 Å². The Morgan fingerprint density at radius 2 is 1.96 bits per heavy atom. The minimum Gasteiger partial charge on any atom is -0.459 e. The van der Waals surface area contributed by atoms with Crippen molar-refractivity contribution < 1.29 is 13.6 Å². The summed E-state index contributed by atoms with van der Waals surface area (Å²) in [5.41, 5.74) is 2.34. The lowest BCUT2D eigenvalue weighted by molar-refractivity contribution is 0.0996. The van der Waals surface area contributed by atoms with Crippen molar-refractivity contribution in [2.75, 3.05) is 5.32 Å². The van der Waals surface area contributed by atoms with Gasteiger partial charge in [0.15, 0.2) is 11.3 Å². The number of furan rings is 1. The summed E-state index contributed by atoms with van der Waals surface area (Å²) in [6.45, 7) is 0. The van der Waals surface area contributed by atoms with Gasteiger partial charge in [-0.05, 0) is 42.5 Å². The largest absolute Gasteiger partial charge is 0.459 e. The molecule has 1 amide bonds. The van der Waals surface area contributed by atoms with Crippen LogP contribution in [0.2, 0.25) is 10.0 Å². The summed E-state index contributed by atoms with van der Waals surface area (Å²) in [5, 5.41) is 3.55. The van der Waals surface area contributed by atoms with E-state index in [4.69, 9.17) is 32.0 Å². The van der Waals surface area contributed by atoms with Crippen LogP contribution in [0.1, 0.15) is 10.6 Å². The number of anilines is 1. The van der Waals surface area contributed by atoms with Crippen molar-refractivity contribution in [1.82, 2.24) is 4.98 Å². The molecular formula is C18H10Cl2N2O3. The number of nitrogens with zero attached hydrogens (tertiary/aromatic N) is 1. The summed E-state index contributed by atoms with van der Waals surface area (Å²) in [7, 11) is 0. The first-order valence-corrected chi connectivity index (χ1v) is 8.07. The van der Waals surface area contributed by atoms with Crippen molar-refractivity contribution in [3.63, 3.8) is 0 Å². The first kappa shape index (κ1) is 15.7. The minimum absolute atomic E-state index is 0.228. The van der Waals surface area contributed by atoms with Crippen LogP contribution in [0.15, 0.2) is 63.6 Å². The van der Waals surface area contributed by atoms with Gasteiger partial charge in [0.25, 0.3) is 5.91 Å². The van der Waals surface area contributed by atoms with Crippen molar-refractivity contribution in [3.05, 3.63) is 70.6 Å². The van der Waals surface area contributed by atoms with E-state index in [1.807, 2.05) is 0 Å². The third kappa shape index (κ3) is 2.99. The Kier molecular flexibility index (Phi) is 3.95. The van der Waals surface area contributed by atoms with E-state index in [1.165, 1.54) is 6.26 Å². The fraction of sp³-hybridized carbons (Fsp3) is 0. The Bertz CT molecular complexity index is 1070. The topological polar surface area (TPSA) is 68.3 Å². The first-order chi connectivity index (χ1) is 12.1. The molecule has 0 saturated carbocycles. The van der Waals surface area contributed by atoms with Crippen LogP contribution < -0.4 is 5.32 Å². The number of rotatable bonds is 3. The molecule has 0 saturated heterocycles. The van der Waals surface area contributed by atoms with Crippen LogP contribution in [-0.4, -0.2) is 10.9 Å². The third-order valence-corrected chi connectivity index (χ3v) is 4.39. The van der Waals surface area contributed by atoms with E-state index in [-0.39, 0.29) is 11.7 Å². The fourth-order valence-electron chi connectivity index (χ4n) is 2.39. The van der Waals surface area contributed by atoms with Crippen molar-refractivity contribution >= 4 is 45.9 Å². The van der Waals surface area contributed by atoms with Gasteiger partial charge in [-0.25, -0.2) is 4.98 Å². The van der Waals surface area contributed by atoms with Gasteiger partial charge in [-0.3, -0.25) is 4.79 Å². The van der Waals surface area contributed by atoms with Crippen LogP contribution in [0, 0.1) is 0 Å². The highest BCUT2D eigenvalue weighted by molar-refractivity contribution is 6.43. The molecular weight excluding hydrogens is 363 g/mol. The number of carbonyl (C=O) groups is 1.